The van der Waals surface area contributed by atoms with E-state index >= 15 is 0 Å². The molecular formula is C22H22N6O2. The number of aryl methyl sites for hydroxylation is 1. The number of carbonyl (C=O) groups excluding carboxylic acids is 1. The fourth-order valence-corrected chi connectivity index (χ4v) is 3.85. The van der Waals surface area contributed by atoms with Crippen molar-refractivity contribution in [3.8, 4) is 11.1 Å². The van der Waals surface area contributed by atoms with Crippen LogP contribution in [0.2, 0.25) is 0 Å². The van der Waals surface area contributed by atoms with E-state index in [2.05, 4.69) is 27.2 Å². The Bertz CT molecular complexity index is 1180. The van der Waals surface area contributed by atoms with E-state index in [4.69, 9.17) is 4.74 Å². The van der Waals surface area contributed by atoms with Gasteiger partial charge in [-0.2, -0.15) is 5.10 Å². The summed E-state index contributed by atoms with van der Waals surface area (Å²) in [5.74, 6) is 0.0606. The highest BCUT2D eigenvalue weighted by Gasteiger charge is 2.28. The maximum atomic E-state index is 12.7. The fraction of sp³-hybridized carbons (Fsp3) is 0.273. The molecule has 5 heterocycles. The largest absolute Gasteiger partial charge is 0.368 e. The summed E-state index contributed by atoms with van der Waals surface area (Å²) in [4.78, 5) is 23.3. The van der Waals surface area contributed by atoms with E-state index < -0.39 is 0 Å². The topological polar surface area (TPSA) is 77.5 Å². The second kappa shape index (κ2) is 7.72. The molecule has 30 heavy (non-hydrogen) atoms. The van der Waals surface area contributed by atoms with Crippen LogP contribution in [0.5, 0.6) is 0 Å². The minimum Gasteiger partial charge on any atom is -0.368 e. The first kappa shape index (κ1) is 18.5. The Labute approximate surface area is 173 Å². The number of ether oxygens (including phenoxy) is 1. The molecule has 8 heteroatoms. The van der Waals surface area contributed by atoms with Crippen LogP contribution in [0, 0.1) is 0 Å². The van der Waals surface area contributed by atoms with Crippen LogP contribution in [0.4, 0.5) is 0 Å². The maximum absolute atomic E-state index is 12.7. The Hall–Kier alpha value is -3.52. The summed E-state index contributed by atoms with van der Waals surface area (Å²) >= 11 is 0. The van der Waals surface area contributed by atoms with Gasteiger partial charge in [-0.15, -0.1) is 0 Å². The molecule has 1 atom stereocenters. The van der Waals surface area contributed by atoms with Crippen LogP contribution in [0.15, 0.2) is 61.4 Å². The molecule has 4 aromatic rings. The molecule has 1 unspecified atom stereocenters. The van der Waals surface area contributed by atoms with E-state index in [9.17, 15) is 4.79 Å². The van der Waals surface area contributed by atoms with Crippen LogP contribution < -0.4 is 0 Å². The predicted molar refractivity (Wildman–Crippen MR) is 111 cm³/mol. The Balaban J connectivity index is 1.35. The number of morpholine rings is 1. The molecule has 1 aliphatic rings. The van der Waals surface area contributed by atoms with Gasteiger partial charge in [-0.05, 0) is 35.4 Å². The van der Waals surface area contributed by atoms with Gasteiger partial charge in [0, 0.05) is 38.4 Å². The van der Waals surface area contributed by atoms with E-state index in [1.165, 1.54) is 0 Å². The Morgan fingerprint density at radius 1 is 1.17 bits per heavy atom. The molecule has 0 saturated carbocycles. The molecule has 4 aromatic heterocycles. The lowest BCUT2D eigenvalue weighted by Gasteiger charge is -2.32. The molecule has 0 spiro atoms. The predicted octanol–water partition coefficient (Wildman–Crippen LogP) is 2.27. The normalized spacial score (nSPS) is 16.8. The van der Waals surface area contributed by atoms with Gasteiger partial charge in [-0.25, -0.2) is 4.98 Å². The standard InChI is InChI=1S/C22H22N6O2/c1-26-9-6-18(25-26)12-21(29)27-10-11-30-20(14-27)22-19-3-2-17(13-28(19)15-24-22)16-4-7-23-8-5-16/h2-9,13,15,20H,10-12,14H2,1H3. The molecule has 1 fully saturated rings. The van der Waals surface area contributed by atoms with Gasteiger partial charge in [0.2, 0.25) is 5.91 Å². The van der Waals surface area contributed by atoms with E-state index in [1.807, 2.05) is 46.9 Å². The van der Waals surface area contributed by atoms with E-state index in [0.29, 0.717) is 26.1 Å². The van der Waals surface area contributed by atoms with Gasteiger partial charge in [0.1, 0.15) is 6.10 Å². The number of nitrogens with zero attached hydrogens (tertiary/aromatic N) is 6. The van der Waals surface area contributed by atoms with Crippen molar-refractivity contribution < 1.29 is 9.53 Å². The van der Waals surface area contributed by atoms with Crippen molar-refractivity contribution in [1.29, 1.82) is 0 Å². The van der Waals surface area contributed by atoms with Gasteiger partial charge in [0.05, 0.1) is 42.8 Å². The van der Waals surface area contributed by atoms with Crippen LogP contribution >= 0.6 is 0 Å². The zero-order valence-corrected chi connectivity index (χ0v) is 16.7. The summed E-state index contributed by atoms with van der Waals surface area (Å²) in [7, 11) is 1.85. The highest BCUT2D eigenvalue weighted by atomic mass is 16.5. The van der Waals surface area contributed by atoms with Crippen molar-refractivity contribution in [2.75, 3.05) is 19.7 Å². The van der Waals surface area contributed by atoms with Crippen LogP contribution in [-0.4, -0.2) is 54.7 Å². The second-order valence-corrected chi connectivity index (χ2v) is 7.43. The Morgan fingerprint density at radius 2 is 2.03 bits per heavy atom. The van der Waals surface area contributed by atoms with Crippen molar-refractivity contribution in [2.24, 2.45) is 7.05 Å². The van der Waals surface area contributed by atoms with E-state index in [0.717, 1.165) is 28.0 Å². The molecule has 1 saturated heterocycles. The van der Waals surface area contributed by atoms with Crippen molar-refractivity contribution in [2.45, 2.75) is 12.5 Å². The molecule has 152 valence electrons. The van der Waals surface area contributed by atoms with Gasteiger partial charge in [0.15, 0.2) is 0 Å². The van der Waals surface area contributed by atoms with Crippen LogP contribution in [0.1, 0.15) is 17.5 Å². The number of aromatic nitrogens is 5. The van der Waals surface area contributed by atoms with Gasteiger partial charge >= 0.3 is 0 Å². The van der Waals surface area contributed by atoms with Gasteiger partial charge in [0.25, 0.3) is 0 Å². The van der Waals surface area contributed by atoms with Crippen molar-refractivity contribution in [3.63, 3.8) is 0 Å². The lowest BCUT2D eigenvalue weighted by Crippen LogP contribution is -2.43. The number of rotatable bonds is 4. The summed E-state index contributed by atoms with van der Waals surface area (Å²) in [6, 6.07) is 9.96. The average Bonchev–Trinajstić information content (AvgIpc) is 3.39. The first-order chi connectivity index (χ1) is 14.7. The smallest absolute Gasteiger partial charge is 0.228 e. The molecule has 8 nitrogen and oxygen atoms in total. The number of hydrogen-bond acceptors (Lipinski definition) is 5. The highest BCUT2D eigenvalue weighted by Crippen LogP contribution is 2.27. The summed E-state index contributed by atoms with van der Waals surface area (Å²) in [6.45, 7) is 1.57. The van der Waals surface area contributed by atoms with Gasteiger partial charge in [-0.3, -0.25) is 14.5 Å². The number of amides is 1. The third-order valence-electron chi connectivity index (χ3n) is 5.40. The number of hydrogen-bond donors (Lipinski definition) is 0. The molecule has 0 bridgehead atoms. The van der Waals surface area contributed by atoms with Gasteiger partial charge < -0.3 is 14.0 Å². The maximum Gasteiger partial charge on any atom is 0.228 e. The lowest BCUT2D eigenvalue weighted by molar-refractivity contribution is -0.138. The van der Waals surface area contributed by atoms with Gasteiger partial charge in [-0.1, -0.05) is 6.07 Å². The lowest BCUT2D eigenvalue weighted by atomic mass is 10.1. The fourth-order valence-electron chi connectivity index (χ4n) is 3.85. The van der Waals surface area contributed by atoms with Crippen molar-refractivity contribution in [1.82, 2.24) is 29.0 Å². The van der Waals surface area contributed by atoms with Crippen molar-refractivity contribution >= 4 is 11.4 Å². The number of pyridine rings is 2. The van der Waals surface area contributed by atoms with Crippen LogP contribution in [-0.2, 0) is 23.0 Å². The summed E-state index contributed by atoms with van der Waals surface area (Å²) in [5, 5.41) is 4.31. The number of fused-ring (bicyclic) bond motifs is 1. The minimum atomic E-state index is -0.247. The summed E-state index contributed by atoms with van der Waals surface area (Å²) in [5.41, 5.74) is 4.80. The average molecular weight is 402 g/mol. The number of carbonyl (C=O) groups is 1. The molecular weight excluding hydrogens is 380 g/mol. The van der Waals surface area contributed by atoms with Crippen molar-refractivity contribution in [3.05, 3.63) is 72.8 Å². The quantitative estimate of drug-likeness (QED) is 0.523. The SMILES string of the molecule is Cn1ccc(CC(=O)N2CCOC(c3ncn4cc(-c5ccncc5)ccc34)C2)n1. The molecule has 0 aliphatic carbocycles. The first-order valence-electron chi connectivity index (χ1n) is 9.92. The van der Waals surface area contributed by atoms with Crippen LogP contribution in [0.25, 0.3) is 16.6 Å². The molecule has 5 rings (SSSR count). The summed E-state index contributed by atoms with van der Waals surface area (Å²) < 4.78 is 9.70. The van der Waals surface area contributed by atoms with E-state index in [-0.39, 0.29) is 12.0 Å². The van der Waals surface area contributed by atoms with Crippen LogP contribution in [0.3, 0.4) is 0 Å². The monoisotopic (exact) mass is 402 g/mol. The Kier molecular flexibility index (Phi) is 4.76. The third kappa shape index (κ3) is 3.57. The molecule has 1 aliphatic heterocycles. The first-order valence-corrected chi connectivity index (χ1v) is 9.92. The minimum absolute atomic E-state index is 0.0606. The Morgan fingerprint density at radius 3 is 2.83 bits per heavy atom. The zero-order chi connectivity index (χ0) is 20.5. The number of imidazole rings is 1. The third-order valence-corrected chi connectivity index (χ3v) is 5.40. The molecule has 1 amide bonds. The summed E-state index contributed by atoms with van der Waals surface area (Å²) in [6.07, 6.45) is 9.32. The second-order valence-electron chi connectivity index (χ2n) is 7.43. The van der Waals surface area contributed by atoms with E-state index in [1.54, 1.807) is 23.4 Å². The molecule has 0 radical (unpaired) electrons. The molecule has 0 aromatic carbocycles. The zero-order valence-electron chi connectivity index (χ0n) is 16.7. The highest BCUT2D eigenvalue weighted by molar-refractivity contribution is 5.78. The molecule has 0 N–H and O–H groups in total.